The molecule has 0 bridgehead atoms. The SMILES string of the molecule is CC(O)CCN(C)Cc1ccc(/C(N)=N/O)cc1. The van der Waals surface area contributed by atoms with Crippen LogP contribution in [0, 0.1) is 0 Å². The lowest BCUT2D eigenvalue weighted by molar-refractivity contribution is 0.163. The van der Waals surface area contributed by atoms with Crippen LogP contribution >= 0.6 is 0 Å². The molecule has 0 saturated heterocycles. The van der Waals surface area contributed by atoms with Gasteiger partial charge >= 0.3 is 0 Å². The second-order valence-electron chi connectivity index (χ2n) is 4.56. The van der Waals surface area contributed by atoms with Gasteiger partial charge in [-0.1, -0.05) is 29.4 Å². The summed E-state index contributed by atoms with van der Waals surface area (Å²) in [5.74, 6) is 0.115. The van der Waals surface area contributed by atoms with E-state index in [0.717, 1.165) is 25.1 Å². The van der Waals surface area contributed by atoms with Crippen molar-refractivity contribution >= 4 is 5.84 Å². The fraction of sp³-hybridized carbons (Fsp3) is 0.462. The van der Waals surface area contributed by atoms with Gasteiger partial charge in [0.15, 0.2) is 5.84 Å². The van der Waals surface area contributed by atoms with Gasteiger partial charge in [-0.05, 0) is 26.0 Å². The van der Waals surface area contributed by atoms with Crippen molar-refractivity contribution in [1.82, 2.24) is 4.90 Å². The van der Waals surface area contributed by atoms with Crippen LogP contribution in [0.4, 0.5) is 0 Å². The molecule has 0 heterocycles. The maximum absolute atomic E-state index is 9.21. The highest BCUT2D eigenvalue weighted by Crippen LogP contribution is 2.07. The molecule has 0 radical (unpaired) electrons. The van der Waals surface area contributed by atoms with Gasteiger partial charge in [-0.2, -0.15) is 0 Å². The number of aliphatic hydroxyl groups excluding tert-OH is 1. The molecule has 0 aliphatic carbocycles. The number of aliphatic hydroxyl groups is 1. The Hall–Kier alpha value is -1.59. The minimum absolute atomic E-state index is 0.115. The van der Waals surface area contributed by atoms with Crippen molar-refractivity contribution in [2.75, 3.05) is 13.6 Å². The Morgan fingerprint density at radius 3 is 2.50 bits per heavy atom. The van der Waals surface area contributed by atoms with Crippen LogP contribution in [-0.4, -0.2) is 40.7 Å². The third-order valence-corrected chi connectivity index (χ3v) is 2.74. The third-order valence-electron chi connectivity index (χ3n) is 2.74. The van der Waals surface area contributed by atoms with Crippen LogP contribution in [0.1, 0.15) is 24.5 Å². The lowest BCUT2D eigenvalue weighted by Crippen LogP contribution is -2.22. The predicted molar refractivity (Wildman–Crippen MR) is 71.6 cm³/mol. The van der Waals surface area contributed by atoms with Gasteiger partial charge in [-0.3, -0.25) is 0 Å². The zero-order valence-electron chi connectivity index (χ0n) is 10.9. The Balaban J connectivity index is 2.53. The first kappa shape index (κ1) is 14.5. The standard InChI is InChI=1S/C13H21N3O2/c1-10(17)7-8-16(2)9-11-3-5-12(6-4-11)13(14)15-18/h3-6,10,17-18H,7-9H2,1-2H3,(H2,14,15). The Bertz CT molecular complexity index is 388. The van der Waals surface area contributed by atoms with Crippen LogP contribution in [0.3, 0.4) is 0 Å². The average molecular weight is 251 g/mol. The van der Waals surface area contributed by atoms with E-state index in [1.165, 1.54) is 0 Å². The molecule has 1 aromatic carbocycles. The molecule has 0 aromatic heterocycles. The second kappa shape index (κ2) is 6.98. The summed E-state index contributed by atoms with van der Waals surface area (Å²) in [5, 5.41) is 20.7. The van der Waals surface area contributed by atoms with Crippen molar-refractivity contribution in [3.8, 4) is 0 Å². The quantitative estimate of drug-likeness (QED) is 0.305. The Morgan fingerprint density at radius 1 is 1.39 bits per heavy atom. The van der Waals surface area contributed by atoms with Crippen molar-refractivity contribution in [2.24, 2.45) is 10.9 Å². The monoisotopic (exact) mass is 251 g/mol. The number of oxime groups is 1. The molecule has 5 nitrogen and oxygen atoms in total. The van der Waals surface area contributed by atoms with Gasteiger partial charge in [0.2, 0.25) is 0 Å². The lowest BCUT2D eigenvalue weighted by Gasteiger charge is -2.17. The number of rotatable bonds is 6. The molecule has 0 fully saturated rings. The minimum atomic E-state index is -0.268. The Morgan fingerprint density at radius 2 is 2.00 bits per heavy atom. The van der Waals surface area contributed by atoms with Crippen LogP contribution in [0.5, 0.6) is 0 Å². The summed E-state index contributed by atoms with van der Waals surface area (Å²) in [7, 11) is 2.01. The minimum Gasteiger partial charge on any atom is -0.409 e. The number of amidine groups is 1. The number of hydrogen-bond acceptors (Lipinski definition) is 4. The molecule has 18 heavy (non-hydrogen) atoms. The van der Waals surface area contributed by atoms with Gasteiger partial charge in [-0.25, -0.2) is 0 Å². The van der Waals surface area contributed by atoms with Crippen LogP contribution in [-0.2, 0) is 6.54 Å². The van der Waals surface area contributed by atoms with E-state index in [1.54, 1.807) is 6.92 Å². The maximum Gasteiger partial charge on any atom is 0.170 e. The third kappa shape index (κ3) is 4.73. The molecule has 1 aromatic rings. The Kier molecular flexibility index (Phi) is 5.61. The molecule has 5 heteroatoms. The van der Waals surface area contributed by atoms with Gasteiger partial charge in [0, 0.05) is 18.7 Å². The predicted octanol–water partition coefficient (Wildman–Crippen LogP) is 0.984. The first-order valence-corrected chi connectivity index (χ1v) is 5.96. The fourth-order valence-corrected chi connectivity index (χ4v) is 1.64. The first-order valence-electron chi connectivity index (χ1n) is 5.96. The zero-order chi connectivity index (χ0) is 13.5. The summed E-state index contributed by atoms with van der Waals surface area (Å²) in [6.45, 7) is 3.45. The number of hydrogen-bond donors (Lipinski definition) is 3. The van der Waals surface area contributed by atoms with E-state index in [-0.39, 0.29) is 11.9 Å². The normalized spacial score (nSPS) is 13.9. The molecule has 1 atom stereocenters. The number of nitrogens with two attached hydrogens (primary N) is 1. The first-order chi connectivity index (χ1) is 8.52. The van der Waals surface area contributed by atoms with Crippen molar-refractivity contribution in [1.29, 1.82) is 0 Å². The molecule has 0 aliphatic heterocycles. The van der Waals surface area contributed by atoms with Crippen molar-refractivity contribution in [2.45, 2.75) is 26.0 Å². The smallest absolute Gasteiger partial charge is 0.170 e. The topological polar surface area (TPSA) is 82.1 Å². The van der Waals surface area contributed by atoms with Gasteiger partial charge in [0.1, 0.15) is 0 Å². The molecule has 1 rings (SSSR count). The van der Waals surface area contributed by atoms with Gasteiger partial charge in [0.25, 0.3) is 0 Å². The summed E-state index contributed by atoms with van der Waals surface area (Å²) in [6, 6.07) is 7.55. The van der Waals surface area contributed by atoms with Crippen molar-refractivity contribution in [3.63, 3.8) is 0 Å². The van der Waals surface area contributed by atoms with E-state index < -0.39 is 0 Å². The summed E-state index contributed by atoms with van der Waals surface area (Å²) in [4.78, 5) is 2.14. The van der Waals surface area contributed by atoms with Crippen LogP contribution in [0.25, 0.3) is 0 Å². The fourth-order valence-electron chi connectivity index (χ4n) is 1.64. The van der Waals surface area contributed by atoms with E-state index in [0.29, 0.717) is 5.56 Å². The molecule has 0 amide bonds. The molecular formula is C13H21N3O2. The van der Waals surface area contributed by atoms with E-state index in [2.05, 4.69) is 10.1 Å². The van der Waals surface area contributed by atoms with Gasteiger partial charge in [0.05, 0.1) is 6.10 Å². The van der Waals surface area contributed by atoms with E-state index in [1.807, 2.05) is 31.3 Å². The van der Waals surface area contributed by atoms with E-state index >= 15 is 0 Å². The molecule has 4 N–H and O–H groups in total. The lowest BCUT2D eigenvalue weighted by atomic mass is 10.1. The zero-order valence-corrected chi connectivity index (χ0v) is 10.9. The molecule has 0 saturated carbocycles. The molecule has 100 valence electrons. The highest BCUT2D eigenvalue weighted by atomic mass is 16.4. The molecule has 1 unspecified atom stereocenters. The summed E-state index contributed by atoms with van der Waals surface area (Å²) in [6.07, 6.45) is 0.494. The second-order valence-corrected chi connectivity index (χ2v) is 4.56. The number of benzene rings is 1. The largest absolute Gasteiger partial charge is 0.409 e. The van der Waals surface area contributed by atoms with Crippen LogP contribution in [0.2, 0.25) is 0 Å². The van der Waals surface area contributed by atoms with Crippen molar-refractivity contribution in [3.05, 3.63) is 35.4 Å². The Labute approximate surface area is 108 Å². The van der Waals surface area contributed by atoms with Gasteiger partial charge < -0.3 is 20.9 Å². The highest BCUT2D eigenvalue weighted by Gasteiger charge is 2.04. The molecular weight excluding hydrogens is 230 g/mol. The summed E-state index contributed by atoms with van der Waals surface area (Å²) >= 11 is 0. The molecule has 0 spiro atoms. The van der Waals surface area contributed by atoms with Crippen LogP contribution in [0.15, 0.2) is 29.4 Å². The maximum atomic E-state index is 9.21. The molecule has 0 aliphatic rings. The summed E-state index contributed by atoms with van der Waals surface area (Å²) in [5.41, 5.74) is 7.34. The summed E-state index contributed by atoms with van der Waals surface area (Å²) < 4.78 is 0. The average Bonchev–Trinajstić information content (AvgIpc) is 2.36. The van der Waals surface area contributed by atoms with Crippen LogP contribution < -0.4 is 5.73 Å². The van der Waals surface area contributed by atoms with Gasteiger partial charge in [-0.15, -0.1) is 0 Å². The van der Waals surface area contributed by atoms with Crippen molar-refractivity contribution < 1.29 is 10.3 Å². The van der Waals surface area contributed by atoms with E-state index in [9.17, 15) is 5.11 Å². The highest BCUT2D eigenvalue weighted by molar-refractivity contribution is 5.96. The number of nitrogens with zero attached hydrogens (tertiary/aromatic N) is 2. The van der Waals surface area contributed by atoms with E-state index in [4.69, 9.17) is 10.9 Å².